The maximum absolute atomic E-state index is 13.0. The molecule has 1 unspecified atom stereocenters. The van der Waals surface area contributed by atoms with E-state index in [9.17, 15) is 17.6 Å². The number of carboxylic acids is 1. The fraction of sp³-hybridized carbons (Fsp3) is 0.278. The molecule has 3 rings (SSSR count). The van der Waals surface area contributed by atoms with Gasteiger partial charge in [-0.05, 0) is 66.8 Å². The van der Waals surface area contributed by atoms with Gasteiger partial charge in [-0.25, -0.2) is 22.3 Å². The number of aliphatic carboxylic acids is 1. The molecule has 0 saturated heterocycles. The van der Waals surface area contributed by atoms with E-state index in [1.807, 2.05) is 6.07 Å². The molecule has 0 amide bonds. The minimum atomic E-state index is -3.71. The van der Waals surface area contributed by atoms with Gasteiger partial charge in [0.05, 0.1) is 4.90 Å². The van der Waals surface area contributed by atoms with Gasteiger partial charge in [-0.2, -0.15) is 0 Å². The van der Waals surface area contributed by atoms with Gasteiger partial charge in [0.2, 0.25) is 10.0 Å². The highest BCUT2D eigenvalue weighted by atomic mass is 32.2. The summed E-state index contributed by atoms with van der Waals surface area (Å²) in [5, 5.41) is 8.65. The van der Waals surface area contributed by atoms with Crippen molar-refractivity contribution < 1.29 is 27.4 Å². The van der Waals surface area contributed by atoms with Gasteiger partial charge in [0.25, 0.3) is 0 Å². The molecule has 1 atom stereocenters. The third kappa shape index (κ3) is 4.39. The molecule has 2 aromatic carbocycles. The van der Waals surface area contributed by atoms with Crippen molar-refractivity contribution in [1.29, 1.82) is 0 Å². The molecule has 0 aliphatic heterocycles. The molecule has 0 fully saturated rings. The standard InChI is InChI=1S/C18H18FNO5S/c19-14-3-7-17(8-4-14)26(23,24)20-15-5-1-13-10-16(25-11-18(21)22)6-2-12(13)9-15/h2-4,6-8,10,15,20H,1,5,9,11H2,(H,21,22). The summed E-state index contributed by atoms with van der Waals surface area (Å²) in [6.07, 6.45) is 1.78. The zero-order chi connectivity index (χ0) is 18.7. The number of nitrogens with one attached hydrogen (secondary N) is 1. The van der Waals surface area contributed by atoms with Crippen molar-refractivity contribution in [2.24, 2.45) is 0 Å². The number of hydrogen-bond donors (Lipinski definition) is 2. The van der Waals surface area contributed by atoms with Gasteiger partial charge in [0, 0.05) is 6.04 Å². The summed E-state index contributed by atoms with van der Waals surface area (Å²) in [6, 6.07) is 9.74. The summed E-state index contributed by atoms with van der Waals surface area (Å²) < 4.78 is 45.6. The number of ether oxygens (including phenoxy) is 1. The second kappa shape index (κ2) is 7.43. The topological polar surface area (TPSA) is 92.7 Å². The van der Waals surface area contributed by atoms with Crippen molar-refractivity contribution in [3.63, 3.8) is 0 Å². The van der Waals surface area contributed by atoms with Gasteiger partial charge in [-0.15, -0.1) is 0 Å². The van der Waals surface area contributed by atoms with Gasteiger partial charge < -0.3 is 9.84 Å². The highest BCUT2D eigenvalue weighted by Gasteiger charge is 2.24. The van der Waals surface area contributed by atoms with Crippen molar-refractivity contribution in [2.75, 3.05) is 6.61 Å². The van der Waals surface area contributed by atoms with Gasteiger partial charge in [0.1, 0.15) is 11.6 Å². The number of rotatable bonds is 6. The first-order chi connectivity index (χ1) is 12.3. The molecule has 8 heteroatoms. The third-order valence-corrected chi connectivity index (χ3v) is 5.75. The fourth-order valence-electron chi connectivity index (χ4n) is 2.97. The number of carbonyl (C=O) groups is 1. The van der Waals surface area contributed by atoms with Crippen molar-refractivity contribution in [1.82, 2.24) is 4.72 Å². The summed E-state index contributed by atoms with van der Waals surface area (Å²) in [4.78, 5) is 10.6. The van der Waals surface area contributed by atoms with Crippen LogP contribution in [0, 0.1) is 5.82 Å². The molecule has 1 aliphatic rings. The number of carboxylic acid groups (broad SMARTS) is 1. The molecule has 0 radical (unpaired) electrons. The van der Waals surface area contributed by atoms with E-state index in [0.29, 0.717) is 25.0 Å². The molecule has 1 aliphatic carbocycles. The van der Waals surface area contributed by atoms with Crippen LogP contribution in [0.3, 0.4) is 0 Å². The second-order valence-corrected chi connectivity index (χ2v) is 7.84. The number of halogens is 1. The second-order valence-electron chi connectivity index (χ2n) is 6.13. The molecule has 0 saturated carbocycles. The van der Waals surface area contributed by atoms with Crippen LogP contribution in [0.1, 0.15) is 17.5 Å². The van der Waals surface area contributed by atoms with Crippen molar-refractivity contribution in [3.05, 3.63) is 59.4 Å². The monoisotopic (exact) mass is 379 g/mol. The van der Waals surface area contributed by atoms with Crippen LogP contribution in [0.15, 0.2) is 47.4 Å². The number of fused-ring (bicyclic) bond motifs is 1. The van der Waals surface area contributed by atoms with E-state index in [4.69, 9.17) is 9.84 Å². The molecule has 6 nitrogen and oxygen atoms in total. The largest absolute Gasteiger partial charge is 0.482 e. The Morgan fingerprint density at radius 3 is 2.62 bits per heavy atom. The zero-order valence-electron chi connectivity index (χ0n) is 13.8. The van der Waals surface area contributed by atoms with Crippen LogP contribution in [-0.2, 0) is 27.7 Å². The van der Waals surface area contributed by atoms with Crippen LogP contribution >= 0.6 is 0 Å². The third-order valence-electron chi connectivity index (χ3n) is 4.21. The van der Waals surface area contributed by atoms with Gasteiger partial charge in [-0.3, -0.25) is 0 Å². The van der Waals surface area contributed by atoms with Crippen LogP contribution < -0.4 is 9.46 Å². The van der Waals surface area contributed by atoms with Crippen LogP contribution in [0.4, 0.5) is 4.39 Å². The first-order valence-corrected chi connectivity index (χ1v) is 9.56. The smallest absolute Gasteiger partial charge is 0.341 e. The van der Waals surface area contributed by atoms with E-state index in [0.717, 1.165) is 23.3 Å². The van der Waals surface area contributed by atoms with E-state index in [2.05, 4.69) is 4.72 Å². The maximum Gasteiger partial charge on any atom is 0.341 e. The maximum atomic E-state index is 13.0. The molecule has 26 heavy (non-hydrogen) atoms. The Bertz CT molecular complexity index is 912. The highest BCUT2D eigenvalue weighted by Crippen LogP contribution is 2.26. The Kier molecular flexibility index (Phi) is 5.24. The van der Waals surface area contributed by atoms with E-state index in [1.165, 1.54) is 12.1 Å². The lowest BCUT2D eigenvalue weighted by Gasteiger charge is -2.25. The summed E-state index contributed by atoms with van der Waals surface area (Å²) >= 11 is 0. The van der Waals surface area contributed by atoms with Crippen LogP contribution in [0.5, 0.6) is 5.75 Å². The Morgan fingerprint density at radius 2 is 1.92 bits per heavy atom. The lowest BCUT2D eigenvalue weighted by molar-refractivity contribution is -0.139. The first-order valence-electron chi connectivity index (χ1n) is 8.08. The quantitative estimate of drug-likeness (QED) is 0.802. The molecule has 2 aromatic rings. The molecular weight excluding hydrogens is 361 g/mol. The minimum absolute atomic E-state index is 0.0297. The highest BCUT2D eigenvalue weighted by molar-refractivity contribution is 7.89. The summed E-state index contributed by atoms with van der Waals surface area (Å²) in [5.41, 5.74) is 2.01. The van der Waals surface area contributed by atoms with Gasteiger partial charge >= 0.3 is 5.97 Å². The first kappa shape index (κ1) is 18.3. The SMILES string of the molecule is O=C(O)COc1ccc2c(c1)CCC(NS(=O)(=O)c1ccc(F)cc1)C2. The molecular formula is C18H18FNO5S. The Hall–Kier alpha value is -2.45. The summed E-state index contributed by atoms with van der Waals surface area (Å²) in [7, 11) is -3.71. The number of sulfonamides is 1. The average Bonchev–Trinajstić information content (AvgIpc) is 2.60. The lowest BCUT2D eigenvalue weighted by Crippen LogP contribution is -2.38. The number of benzene rings is 2. The molecule has 0 spiro atoms. The van der Waals surface area contributed by atoms with Crippen LogP contribution in [0.25, 0.3) is 0 Å². The molecule has 2 N–H and O–H groups in total. The van der Waals surface area contributed by atoms with Gasteiger partial charge in [0.15, 0.2) is 6.61 Å². The minimum Gasteiger partial charge on any atom is -0.482 e. The Balaban J connectivity index is 1.68. The van der Waals surface area contributed by atoms with Crippen molar-refractivity contribution >= 4 is 16.0 Å². The Labute approximate surface area is 150 Å². The number of aryl methyl sites for hydroxylation is 1. The number of hydrogen-bond acceptors (Lipinski definition) is 4. The van der Waals surface area contributed by atoms with Crippen LogP contribution in [-0.4, -0.2) is 32.1 Å². The Morgan fingerprint density at radius 1 is 1.19 bits per heavy atom. The predicted molar refractivity (Wildman–Crippen MR) is 92.1 cm³/mol. The van der Waals surface area contributed by atoms with Gasteiger partial charge in [-0.1, -0.05) is 6.07 Å². The molecule has 0 bridgehead atoms. The average molecular weight is 379 g/mol. The normalized spacial score (nSPS) is 16.7. The van der Waals surface area contributed by atoms with Crippen LogP contribution in [0.2, 0.25) is 0 Å². The summed E-state index contributed by atoms with van der Waals surface area (Å²) in [6.45, 7) is -0.404. The van der Waals surface area contributed by atoms with Crippen molar-refractivity contribution in [2.45, 2.75) is 30.2 Å². The van der Waals surface area contributed by atoms with Crippen molar-refractivity contribution in [3.8, 4) is 5.75 Å². The van der Waals surface area contributed by atoms with E-state index >= 15 is 0 Å². The molecule has 138 valence electrons. The predicted octanol–water partition coefficient (Wildman–Crippen LogP) is 2.12. The molecule has 0 aromatic heterocycles. The zero-order valence-corrected chi connectivity index (χ0v) is 14.6. The van der Waals surface area contributed by atoms with E-state index in [-0.39, 0.29) is 10.9 Å². The molecule has 0 heterocycles. The fourth-order valence-corrected chi connectivity index (χ4v) is 4.24. The van der Waals surface area contributed by atoms with E-state index < -0.39 is 28.4 Å². The van der Waals surface area contributed by atoms with E-state index in [1.54, 1.807) is 12.1 Å². The lowest BCUT2D eigenvalue weighted by atomic mass is 9.89. The summed E-state index contributed by atoms with van der Waals surface area (Å²) in [5.74, 6) is -1.05.